The van der Waals surface area contributed by atoms with E-state index < -0.39 is 10.0 Å². The highest BCUT2D eigenvalue weighted by atomic mass is 35.5. The number of hydrogen-bond acceptors (Lipinski definition) is 4. The fourth-order valence-electron chi connectivity index (χ4n) is 2.08. The Morgan fingerprint density at radius 2 is 2.28 bits per heavy atom. The molecule has 2 atom stereocenters. The van der Waals surface area contributed by atoms with Crippen LogP contribution in [-0.4, -0.2) is 48.1 Å². The number of rotatable bonds is 3. The van der Waals surface area contributed by atoms with Crippen molar-refractivity contribution >= 4 is 21.6 Å². The molecule has 102 valence electrons. The van der Waals surface area contributed by atoms with Crippen LogP contribution in [0.25, 0.3) is 0 Å². The van der Waals surface area contributed by atoms with Gasteiger partial charge in [0, 0.05) is 20.7 Å². The Hall–Kier alpha value is -0.630. The highest BCUT2D eigenvalue weighted by molar-refractivity contribution is 7.89. The summed E-state index contributed by atoms with van der Waals surface area (Å²) >= 11 is 5.94. The predicted octanol–water partition coefficient (Wildman–Crippen LogP) is 0.871. The number of aromatic nitrogens is 2. The number of hydrogen-bond donors (Lipinski definition) is 0. The summed E-state index contributed by atoms with van der Waals surface area (Å²) < 4.78 is 33.0. The minimum absolute atomic E-state index is 0.103. The van der Waals surface area contributed by atoms with Crippen molar-refractivity contribution in [3.8, 4) is 0 Å². The van der Waals surface area contributed by atoms with Gasteiger partial charge in [-0.15, -0.1) is 0 Å². The molecule has 0 bridgehead atoms. The van der Waals surface area contributed by atoms with Gasteiger partial charge in [0.05, 0.1) is 18.5 Å². The molecular formula is C10H16ClN3O3S. The lowest BCUT2D eigenvalue weighted by Gasteiger charge is -2.25. The van der Waals surface area contributed by atoms with Crippen LogP contribution in [0.3, 0.4) is 0 Å². The molecule has 1 aliphatic heterocycles. The van der Waals surface area contributed by atoms with Gasteiger partial charge >= 0.3 is 0 Å². The summed E-state index contributed by atoms with van der Waals surface area (Å²) in [5, 5.41) is 0.0154. The second kappa shape index (κ2) is 4.80. The van der Waals surface area contributed by atoms with Crippen LogP contribution in [0.4, 0.5) is 0 Å². The highest BCUT2D eigenvalue weighted by Crippen LogP contribution is 2.27. The second-order valence-corrected chi connectivity index (χ2v) is 6.68. The maximum absolute atomic E-state index is 12.4. The van der Waals surface area contributed by atoms with Crippen LogP contribution >= 0.6 is 11.6 Å². The topological polar surface area (TPSA) is 64.4 Å². The molecule has 0 saturated carbocycles. The van der Waals surface area contributed by atoms with Gasteiger partial charge in [-0.05, 0) is 13.3 Å². The van der Waals surface area contributed by atoms with Crippen LogP contribution in [0.5, 0.6) is 0 Å². The van der Waals surface area contributed by atoms with Gasteiger partial charge in [0.2, 0.25) is 5.03 Å². The Morgan fingerprint density at radius 1 is 1.61 bits per heavy atom. The number of likely N-dealkylation sites (N-methyl/N-ethyl adjacent to an activating group) is 1. The van der Waals surface area contributed by atoms with Crippen LogP contribution in [0, 0.1) is 0 Å². The van der Waals surface area contributed by atoms with Crippen LogP contribution in [0.1, 0.15) is 13.3 Å². The standard InChI is InChI=1S/C10H16ClN3O3S/c1-7-8(4-5-17-7)14(3)18(15,16)10-9(11)13(2)6-12-10/h6-8H,4-5H2,1-3H3. The van der Waals surface area contributed by atoms with E-state index in [9.17, 15) is 8.42 Å². The molecule has 0 radical (unpaired) electrons. The largest absolute Gasteiger partial charge is 0.377 e. The van der Waals surface area contributed by atoms with E-state index in [1.54, 1.807) is 7.05 Å². The first-order valence-electron chi connectivity index (χ1n) is 5.62. The molecule has 2 heterocycles. The average molecular weight is 294 g/mol. The normalized spacial score (nSPS) is 24.9. The number of aryl methyl sites for hydroxylation is 1. The SMILES string of the molecule is CC1OCCC1N(C)S(=O)(=O)c1ncn(C)c1Cl. The zero-order valence-corrected chi connectivity index (χ0v) is 12.1. The molecule has 0 amide bonds. The average Bonchev–Trinajstić information content (AvgIpc) is 2.86. The lowest BCUT2D eigenvalue weighted by atomic mass is 10.2. The molecule has 1 aromatic heterocycles. The summed E-state index contributed by atoms with van der Waals surface area (Å²) in [5.41, 5.74) is 0. The van der Waals surface area contributed by atoms with Crippen molar-refractivity contribution in [3.05, 3.63) is 11.5 Å². The zero-order chi connectivity index (χ0) is 13.5. The van der Waals surface area contributed by atoms with E-state index in [-0.39, 0.29) is 22.3 Å². The van der Waals surface area contributed by atoms with Crippen LogP contribution in [0.15, 0.2) is 11.4 Å². The lowest BCUT2D eigenvalue weighted by Crippen LogP contribution is -2.41. The van der Waals surface area contributed by atoms with Gasteiger partial charge in [0.25, 0.3) is 10.0 Å². The summed E-state index contributed by atoms with van der Waals surface area (Å²) in [6.45, 7) is 2.44. The first-order chi connectivity index (χ1) is 8.35. The Labute approximate surface area is 112 Å². The van der Waals surface area contributed by atoms with Crippen molar-refractivity contribution in [2.75, 3.05) is 13.7 Å². The van der Waals surface area contributed by atoms with Gasteiger partial charge in [-0.1, -0.05) is 11.6 Å². The Morgan fingerprint density at radius 3 is 2.72 bits per heavy atom. The third-order valence-corrected chi connectivity index (χ3v) is 5.64. The number of sulfonamides is 1. The molecule has 8 heteroatoms. The van der Waals surface area contributed by atoms with Crippen molar-refractivity contribution < 1.29 is 13.2 Å². The van der Waals surface area contributed by atoms with Gasteiger partial charge < -0.3 is 9.30 Å². The molecule has 0 aliphatic carbocycles. The van der Waals surface area contributed by atoms with E-state index in [1.807, 2.05) is 6.92 Å². The Balaban J connectivity index is 2.34. The van der Waals surface area contributed by atoms with Crippen LogP contribution in [0.2, 0.25) is 5.15 Å². The molecule has 6 nitrogen and oxygen atoms in total. The molecule has 2 unspecified atom stereocenters. The minimum Gasteiger partial charge on any atom is -0.377 e. The lowest BCUT2D eigenvalue weighted by molar-refractivity contribution is 0.102. The molecule has 1 fully saturated rings. The fourth-order valence-corrected chi connectivity index (χ4v) is 3.91. The first-order valence-corrected chi connectivity index (χ1v) is 7.44. The van der Waals surface area contributed by atoms with Crippen molar-refractivity contribution in [1.29, 1.82) is 0 Å². The van der Waals surface area contributed by atoms with E-state index in [4.69, 9.17) is 16.3 Å². The summed E-state index contributed by atoms with van der Waals surface area (Å²) in [6.07, 6.45) is 1.95. The maximum atomic E-state index is 12.4. The van der Waals surface area contributed by atoms with E-state index >= 15 is 0 Å². The number of ether oxygens (including phenoxy) is 1. The summed E-state index contributed by atoms with van der Waals surface area (Å²) in [5.74, 6) is 0. The summed E-state index contributed by atoms with van der Waals surface area (Å²) in [6, 6.07) is -0.173. The molecule has 0 spiro atoms. The third-order valence-electron chi connectivity index (χ3n) is 3.26. The molecule has 2 rings (SSSR count). The molecule has 0 N–H and O–H groups in total. The Bertz CT molecular complexity index is 543. The molecular weight excluding hydrogens is 278 g/mol. The van der Waals surface area contributed by atoms with E-state index in [0.717, 1.165) is 0 Å². The van der Waals surface area contributed by atoms with Crippen molar-refractivity contribution in [3.63, 3.8) is 0 Å². The van der Waals surface area contributed by atoms with Gasteiger partial charge in [-0.25, -0.2) is 13.4 Å². The monoisotopic (exact) mass is 293 g/mol. The number of nitrogens with zero attached hydrogens (tertiary/aromatic N) is 3. The van der Waals surface area contributed by atoms with Gasteiger partial charge in [0.15, 0.2) is 0 Å². The third kappa shape index (κ3) is 2.16. The second-order valence-electron chi connectivity index (χ2n) is 4.40. The zero-order valence-electron chi connectivity index (χ0n) is 10.5. The molecule has 1 saturated heterocycles. The Kier molecular flexibility index (Phi) is 3.68. The maximum Gasteiger partial charge on any atom is 0.263 e. The first kappa shape index (κ1) is 13.8. The smallest absolute Gasteiger partial charge is 0.263 e. The summed E-state index contributed by atoms with van der Waals surface area (Å²) in [4.78, 5) is 3.87. The number of halogens is 1. The van der Waals surface area contributed by atoms with Gasteiger partial charge in [0.1, 0.15) is 5.15 Å². The molecule has 1 aliphatic rings. The van der Waals surface area contributed by atoms with Crippen molar-refractivity contribution in [2.45, 2.75) is 30.5 Å². The van der Waals surface area contributed by atoms with E-state index in [0.29, 0.717) is 13.0 Å². The highest BCUT2D eigenvalue weighted by Gasteiger charge is 2.37. The molecule has 0 aromatic carbocycles. The molecule has 1 aromatic rings. The quantitative estimate of drug-likeness (QED) is 0.829. The predicted molar refractivity (Wildman–Crippen MR) is 67.0 cm³/mol. The van der Waals surface area contributed by atoms with E-state index in [1.165, 1.54) is 22.2 Å². The fraction of sp³-hybridized carbons (Fsp3) is 0.700. The van der Waals surface area contributed by atoms with Gasteiger partial charge in [-0.3, -0.25) is 0 Å². The minimum atomic E-state index is -3.68. The van der Waals surface area contributed by atoms with Crippen LogP contribution in [-0.2, 0) is 21.8 Å². The van der Waals surface area contributed by atoms with Crippen LogP contribution < -0.4 is 0 Å². The van der Waals surface area contributed by atoms with Crippen molar-refractivity contribution in [1.82, 2.24) is 13.9 Å². The summed E-state index contributed by atoms with van der Waals surface area (Å²) in [7, 11) is -0.489. The molecule has 18 heavy (non-hydrogen) atoms. The number of imidazole rings is 1. The van der Waals surface area contributed by atoms with Gasteiger partial charge in [-0.2, -0.15) is 4.31 Å². The van der Waals surface area contributed by atoms with E-state index in [2.05, 4.69) is 4.98 Å². The van der Waals surface area contributed by atoms with Crippen molar-refractivity contribution in [2.24, 2.45) is 7.05 Å².